The summed E-state index contributed by atoms with van der Waals surface area (Å²) in [6, 6.07) is 6.14. The fraction of sp³-hybridized carbons (Fsp3) is 0.583. The molecule has 4 nitrogen and oxygen atoms in total. The molecule has 0 atom stereocenters. The minimum Gasteiger partial charge on any atom is -0.743 e. The van der Waals surface area contributed by atoms with Gasteiger partial charge in [-0.1, -0.05) is 13.0 Å². The summed E-state index contributed by atoms with van der Waals surface area (Å²) in [5.41, 5.74) is 0. The number of alkyl halides is 9. The van der Waals surface area contributed by atoms with Crippen LogP contribution in [0.2, 0.25) is 0 Å². The molecule has 0 spiro atoms. The van der Waals surface area contributed by atoms with E-state index in [2.05, 4.69) is 36.0 Å². The Kier molecular flexibility index (Phi) is 7.50. The van der Waals surface area contributed by atoms with E-state index in [1.807, 2.05) is 6.07 Å². The van der Waals surface area contributed by atoms with Crippen molar-refractivity contribution >= 4 is 10.1 Å². The Balaban J connectivity index is 0.000000577. The van der Waals surface area contributed by atoms with E-state index in [9.17, 15) is 52.5 Å². The first-order chi connectivity index (χ1) is 11.4. The lowest BCUT2D eigenvalue weighted by Crippen LogP contribution is -2.63. The lowest BCUT2D eigenvalue weighted by molar-refractivity contribution is -0.697. The number of halogens is 9. The third-order valence-electron chi connectivity index (χ3n) is 2.69. The van der Waals surface area contributed by atoms with Crippen molar-refractivity contribution in [3.63, 3.8) is 0 Å². The van der Waals surface area contributed by atoms with Gasteiger partial charge in [-0.05, 0) is 0 Å². The highest BCUT2D eigenvalue weighted by Crippen LogP contribution is 2.54. The second-order valence-corrected chi connectivity index (χ2v) is 6.15. The van der Waals surface area contributed by atoms with Crippen molar-refractivity contribution in [3.05, 3.63) is 30.6 Å². The van der Waals surface area contributed by atoms with E-state index in [4.69, 9.17) is 0 Å². The Labute approximate surface area is 142 Å². The van der Waals surface area contributed by atoms with Crippen LogP contribution in [0, 0.1) is 0 Å². The van der Waals surface area contributed by atoms with Crippen LogP contribution in [-0.2, 0) is 16.7 Å². The molecule has 0 radical (unpaired) electrons. The molecule has 152 valence electrons. The topological polar surface area (TPSA) is 61.1 Å². The average Bonchev–Trinajstić information content (AvgIpc) is 2.46. The molecule has 1 rings (SSSR count). The summed E-state index contributed by atoms with van der Waals surface area (Å²) in [5, 5.41) is -7.11. The number of hydrogen-bond donors (Lipinski definition) is 0. The molecule has 26 heavy (non-hydrogen) atoms. The average molecular weight is 421 g/mol. The predicted octanol–water partition coefficient (Wildman–Crippen LogP) is 3.34. The summed E-state index contributed by atoms with van der Waals surface area (Å²) < 4.78 is 138. The first-order valence-electron chi connectivity index (χ1n) is 6.53. The molecule has 0 aliphatic carbocycles. The number of rotatable bonds is 5. The van der Waals surface area contributed by atoms with Crippen LogP contribution >= 0.6 is 0 Å². The van der Waals surface area contributed by atoms with E-state index in [0.29, 0.717) is 0 Å². The lowest BCUT2D eigenvalue weighted by Gasteiger charge is -2.34. The quantitative estimate of drug-likeness (QED) is 0.416. The molecule has 0 aliphatic heterocycles. The van der Waals surface area contributed by atoms with E-state index in [-0.39, 0.29) is 0 Å². The van der Waals surface area contributed by atoms with Gasteiger partial charge in [0.05, 0.1) is 0 Å². The largest absolute Gasteiger partial charge is 0.743 e. The van der Waals surface area contributed by atoms with Gasteiger partial charge in [0.15, 0.2) is 22.5 Å². The number of nitrogens with zero attached hydrogens (tertiary/aromatic N) is 1. The third-order valence-corrected chi connectivity index (χ3v) is 3.57. The van der Waals surface area contributed by atoms with Gasteiger partial charge in [-0.3, -0.25) is 0 Å². The van der Waals surface area contributed by atoms with Gasteiger partial charge in [0.25, 0.3) is 0 Å². The molecule has 14 heteroatoms. The van der Waals surface area contributed by atoms with E-state index in [1.54, 1.807) is 0 Å². The Morgan fingerprint density at radius 2 is 1.27 bits per heavy atom. The normalized spacial score (nSPS) is 13.8. The molecule has 0 aromatic carbocycles. The van der Waals surface area contributed by atoms with Crippen molar-refractivity contribution in [2.75, 3.05) is 0 Å². The Morgan fingerprint density at radius 1 is 0.846 bits per heavy atom. The second-order valence-electron chi connectivity index (χ2n) is 4.73. The maximum Gasteiger partial charge on any atom is 0.460 e. The van der Waals surface area contributed by atoms with Gasteiger partial charge in [0.1, 0.15) is 6.54 Å². The summed E-state index contributed by atoms with van der Waals surface area (Å²) in [7, 11) is -7.42. The molecule has 1 heterocycles. The van der Waals surface area contributed by atoms with Gasteiger partial charge in [-0.2, -0.15) is 39.5 Å². The van der Waals surface area contributed by atoms with E-state index in [1.165, 1.54) is 6.42 Å². The standard InChI is InChI=1S/C8H12N.C4HF9O3S/c1-2-6-9-7-4-3-5-8-9;5-1(6,3(9,10)11)2(7,8)4(12,13)17(14,15)16/h3-5,7-8H,2,6H2,1H3;(H,14,15,16)/q+1;/p-1. The van der Waals surface area contributed by atoms with Gasteiger partial charge in [-0.25, -0.2) is 13.0 Å². The Bertz CT molecular complexity index is 675. The fourth-order valence-corrected chi connectivity index (χ4v) is 1.80. The number of aromatic nitrogens is 1. The maximum atomic E-state index is 12.2. The SMILES string of the molecule is CCC[n+]1ccccc1.O=S(=O)([O-])C(F)(F)C(F)(F)C(F)(F)C(F)(F)F. The summed E-state index contributed by atoms with van der Waals surface area (Å²) in [6.07, 6.45) is -1.79. The van der Waals surface area contributed by atoms with Crippen molar-refractivity contribution in [2.24, 2.45) is 0 Å². The number of hydrogen-bond acceptors (Lipinski definition) is 3. The zero-order chi connectivity index (χ0) is 21.0. The van der Waals surface area contributed by atoms with E-state index >= 15 is 0 Å². The molecule has 0 bridgehead atoms. The van der Waals surface area contributed by atoms with Gasteiger partial charge >= 0.3 is 23.3 Å². The molecule has 0 fully saturated rings. The zero-order valence-corrected chi connectivity index (χ0v) is 13.6. The smallest absolute Gasteiger partial charge is 0.460 e. The maximum absolute atomic E-state index is 12.2. The second kappa shape index (κ2) is 7.98. The Hall–Kier alpha value is -1.57. The monoisotopic (exact) mass is 421 g/mol. The number of pyridine rings is 1. The summed E-state index contributed by atoms with van der Waals surface area (Å²) in [4.78, 5) is 0. The number of aryl methyl sites for hydroxylation is 1. The summed E-state index contributed by atoms with van der Waals surface area (Å²) in [6.45, 7) is 3.31. The van der Waals surface area contributed by atoms with Crippen molar-refractivity contribution in [3.8, 4) is 0 Å². The first kappa shape index (κ1) is 24.4. The highest BCUT2D eigenvalue weighted by atomic mass is 32.2. The molecule has 0 unspecified atom stereocenters. The van der Waals surface area contributed by atoms with Crippen molar-refractivity contribution in [2.45, 2.75) is 43.2 Å². The molecule has 1 aromatic rings. The molecular formula is C12H12F9NO3S. The van der Waals surface area contributed by atoms with Crippen LogP contribution in [0.3, 0.4) is 0 Å². The molecule has 0 saturated heterocycles. The van der Waals surface area contributed by atoms with Crippen molar-refractivity contribution in [1.29, 1.82) is 0 Å². The minimum absolute atomic E-state index is 1.13. The van der Waals surface area contributed by atoms with Crippen LogP contribution in [0.25, 0.3) is 0 Å². The highest BCUT2D eigenvalue weighted by molar-refractivity contribution is 7.86. The molecule has 0 N–H and O–H groups in total. The van der Waals surface area contributed by atoms with Gasteiger partial charge in [0, 0.05) is 18.6 Å². The lowest BCUT2D eigenvalue weighted by atomic mass is 10.1. The third kappa shape index (κ3) is 4.99. The fourth-order valence-electron chi connectivity index (χ4n) is 1.36. The minimum atomic E-state index is -7.43. The molecular weight excluding hydrogens is 409 g/mol. The van der Waals surface area contributed by atoms with Gasteiger partial charge in [0.2, 0.25) is 0 Å². The van der Waals surface area contributed by atoms with Crippen LogP contribution < -0.4 is 4.57 Å². The molecule has 1 aromatic heterocycles. The van der Waals surface area contributed by atoms with Crippen LogP contribution in [0.5, 0.6) is 0 Å². The van der Waals surface area contributed by atoms with Gasteiger partial charge in [-0.15, -0.1) is 0 Å². The first-order valence-corrected chi connectivity index (χ1v) is 7.94. The summed E-state index contributed by atoms with van der Waals surface area (Å²) in [5.74, 6) is -14.8. The van der Waals surface area contributed by atoms with Crippen LogP contribution in [0.15, 0.2) is 30.6 Å². The molecule has 0 amide bonds. The molecule has 0 aliphatic rings. The zero-order valence-electron chi connectivity index (χ0n) is 12.8. The van der Waals surface area contributed by atoms with Crippen LogP contribution in [0.1, 0.15) is 13.3 Å². The van der Waals surface area contributed by atoms with E-state index < -0.39 is 33.4 Å². The predicted molar refractivity (Wildman–Crippen MR) is 67.5 cm³/mol. The summed E-state index contributed by atoms with van der Waals surface area (Å²) >= 11 is 0. The van der Waals surface area contributed by atoms with Crippen LogP contribution in [-0.4, -0.2) is 36.2 Å². The molecule has 0 saturated carbocycles. The van der Waals surface area contributed by atoms with Crippen LogP contribution in [0.4, 0.5) is 39.5 Å². The Morgan fingerprint density at radius 3 is 1.58 bits per heavy atom. The van der Waals surface area contributed by atoms with Crippen molar-refractivity contribution in [1.82, 2.24) is 0 Å². The van der Waals surface area contributed by atoms with Crippen molar-refractivity contribution < 1.29 is 57.1 Å². The van der Waals surface area contributed by atoms with Gasteiger partial charge < -0.3 is 4.55 Å². The van der Waals surface area contributed by atoms with E-state index in [0.717, 1.165) is 6.54 Å². The highest BCUT2D eigenvalue weighted by Gasteiger charge is 2.83.